The molecule has 3 saturated heterocycles. The van der Waals surface area contributed by atoms with E-state index in [0.717, 1.165) is 29.5 Å². The first-order valence-electron chi connectivity index (χ1n) is 10.4. The van der Waals surface area contributed by atoms with Crippen molar-refractivity contribution in [2.24, 2.45) is 5.92 Å². The van der Waals surface area contributed by atoms with Crippen molar-refractivity contribution in [3.05, 3.63) is 57.6 Å². The van der Waals surface area contributed by atoms with Gasteiger partial charge in [0.15, 0.2) is 11.5 Å². The lowest BCUT2D eigenvalue weighted by Gasteiger charge is -2.45. The van der Waals surface area contributed by atoms with Gasteiger partial charge in [0.1, 0.15) is 6.61 Å². The molecule has 1 atom stereocenters. The first kappa shape index (κ1) is 26.4. The molecule has 0 amide bonds. The average Bonchev–Trinajstić information content (AvgIpc) is 2.74. The van der Waals surface area contributed by atoms with Gasteiger partial charge < -0.3 is 19.7 Å². The minimum absolute atomic E-state index is 0. The maximum absolute atomic E-state index is 6.26. The highest BCUT2D eigenvalue weighted by Crippen LogP contribution is 2.31. The van der Waals surface area contributed by atoms with Gasteiger partial charge in [0.2, 0.25) is 0 Å². The first-order chi connectivity index (χ1) is 14.1. The molecule has 8 heteroatoms. The molecule has 3 aliphatic rings. The molecular formula is C23H30Cl4N2O2. The van der Waals surface area contributed by atoms with Gasteiger partial charge in [0, 0.05) is 34.7 Å². The summed E-state index contributed by atoms with van der Waals surface area (Å²) in [6.07, 6.45) is 2.64. The van der Waals surface area contributed by atoms with Gasteiger partial charge in [-0.15, -0.1) is 24.8 Å². The topological polar surface area (TPSA) is 33.7 Å². The molecule has 1 N–H and O–H groups in total. The Balaban J connectivity index is 0.00000171. The maximum Gasteiger partial charge on any atom is 0.161 e. The number of hydrogen-bond acceptors (Lipinski definition) is 4. The summed E-state index contributed by atoms with van der Waals surface area (Å²) in [7, 11) is 0. The molecule has 31 heavy (non-hydrogen) atoms. The molecule has 1 unspecified atom stereocenters. The molecule has 172 valence electrons. The molecule has 0 saturated carbocycles. The lowest BCUT2D eigenvalue weighted by molar-refractivity contribution is 0.0720. The Labute approximate surface area is 207 Å². The van der Waals surface area contributed by atoms with E-state index in [1.165, 1.54) is 38.0 Å². The minimum Gasteiger partial charge on any atom is -0.490 e. The Morgan fingerprint density at radius 1 is 1.00 bits per heavy atom. The molecule has 0 spiro atoms. The summed E-state index contributed by atoms with van der Waals surface area (Å²) >= 11 is 12.2. The van der Waals surface area contributed by atoms with Gasteiger partial charge in [-0.1, -0.05) is 35.3 Å². The van der Waals surface area contributed by atoms with Crippen LogP contribution in [0.5, 0.6) is 11.5 Å². The monoisotopic (exact) mass is 506 g/mol. The Hall–Kier alpha value is -0.880. The van der Waals surface area contributed by atoms with E-state index in [0.29, 0.717) is 29.3 Å². The SMILES string of the molecule is CCOc1cc(CNC2CN3CCC2CC3)ccc1OCc1ccc(Cl)cc1Cl.Cl.Cl. The van der Waals surface area contributed by atoms with Crippen LogP contribution >= 0.6 is 48.0 Å². The van der Waals surface area contributed by atoms with E-state index in [9.17, 15) is 0 Å². The highest BCUT2D eigenvalue weighted by molar-refractivity contribution is 6.35. The van der Waals surface area contributed by atoms with Crippen molar-refractivity contribution in [1.82, 2.24) is 10.2 Å². The number of nitrogens with one attached hydrogen (secondary N) is 1. The standard InChI is InChI=1S/C23H28Cl2N2O2.2ClH/c1-2-28-23-11-16(13-26-21-14-27-9-7-17(21)8-10-27)3-6-22(23)29-15-18-4-5-19(24)12-20(18)25;;/h3-6,11-12,17,21,26H,2,7-10,13-15H2,1H3;2*1H. The third kappa shape index (κ3) is 6.80. The number of rotatable bonds is 8. The second-order valence-electron chi connectivity index (χ2n) is 7.86. The number of hydrogen-bond donors (Lipinski definition) is 1. The van der Waals surface area contributed by atoms with Crippen molar-refractivity contribution in [2.45, 2.75) is 39.0 Å². The number of benzene rings is 2. The zero-order chi connectivity index (χ0) is 20.2. The van der Waals surface area contributed by atoms with Crippen LogP contribution in [-0.4, -0.2) is 37.2 Å². The first-order valence-corrected chi connectivity index (χ1v) is 11.2. The summed E-state index contributed by atoms with van der Waals surface area (Å²) in [6, 6.07) is 12.2. The van der Waals surface area contributed by atoms with Gasteiger partial charge in [-0.05, 0) is 68.6 Å². The van der Waals surface area contributed by atoms with Crippen molar-refractivity contribution in [3.8, 4) is 11.5 Å². The third-order valence-corrected chi connectivity index (χ3v) is 6.52. The summed E-state index contributed by atoms with van der Waals surface area (Å²) in [4.78, 5) is 2.57. The van der Waals surface area contributed by atoms with E-state index < -0.39 is 0 Å². The van der Waals surface area contributed by atoms with Gasteiger partial charge in [0.25, 0.3) is 0 Å². The van der Waals surface area contributed by atoms with Crippen molar-refractivity contribution >= 4 is 48.0 Å². The van der Waals surface area contributed by atoms with E-state index in [4.69, 9.17) is 32.7 Å². The molecular weight excluding hydrogens is 478 g/mol. The molecule has 3 aliphatic heterocycles. The Morgan fingerprint density at radius 2 is 1.77 bits per heavy atom. The van der Waals surface area contributed by atoms with Crippen LogP contribution in [-0.2, 0) is 13.2 Å². The number of halogens is 4. The van der Waals surface area contributed by atoms with E-state index in [1.807, 2.05) is 25.1 Å². The van der Waals surface area contributed by atoms with Crippen molar-refractivity contribution in [2.75, 3.05) is 26.2 Å². The quantitative estimate of drug-likeness (QED) is 0.475. The van der Waals surface area contributed by atoms with Crippen molar-refractivity contribution < 1.29 is 9.47 Å². The number of fused-ring (bicyclic) bond motifs is 3. The molecule has 3 heterocycles. The normalized spacial score (nSPS) is 21.7. The predicted molar refractivity (Wildman–Crippen MR) is 133 cm³/mol. The Bertz CT molecular complexity index is 844. The molecule has 0 aromatic heterocycles. The number of piperidine rings is 3. The van der Waals surface area contributed by atoms with Crippen LogP contribution in [0.4, 0.5) is 0 Å². The average molecular weight is 508 g/mol. The summed E-state index contributed by atoms with van der Waals surface area (Å²) < 4.78 is 11.8. The molecule has 2 bridgehead atoms. The Morgan fingerprint density at radius 3 is 2.42 bits per heavy atom. The van der Waals surface area contributed by atoms with Crippen LogP contribution < -0.4 is 14.8 Å². The zero-order valence-electron chi connectivity index (χ0n) is 17.6. The van der Waals surface area contributed by atoms with Crippen LogP contribution in [0, 0.1) is 5.92 Å². The maximum atomic E-state index is 6.26. The van der Waals surface area contributed by atoms with E-state index in [1.54, 1.807) is 6.07 Å². The molecule has 3 fully saturated rings. The predicted octanol–water partition coefficient (Wildman–Crippen LogP) is 6.00. The van der Waals surface area contributed by atoms with Gasteiger partial charge in [0.05, 0.1) is 6.61 Å². The molecule has 4 nitrogen and oxygen atoms in total. The third-order valence-electron chi connectivity index (χ3n) is 5.93. The van der Waals surface area contributed by atoms with Crippen LogP contribution in [0.1, 0.15) is 30.9 Å². The zero-order valence-corrected chi connectivity index (χ0v) is 20.8. The lowest BCUT2D eigenvalue weighted by Crippen LogP contribution is -2.55. The molecule has 0 aliphatic carbocycles. The van der Waals surface area contributed by atoms with Crippen LogP contribution in [0.3, 0.4) is 0 Å². The molecule has 0 radical (unpaired) electrons. The van der Waals surface area contributed by atoms with Crippen LogP contribution in [0.15, 0.2) is 36.4 Å². The Kier molecular flexibility index (Phi) is 10.5. The van der Waals surface area contributed by atoms with Crippen LogP contribution in [0.25, 0.3) is 0 Å². The van der Waals surface area contributed by atoms with E-state index in [2.05, 4.69) is 22.3 Å². The fourth-order valence-corrected chi connectivity index (χ4v) is 4.75. The number of ether oxygens (including phenoxy) is 2. The van der Waals surface area contributed by atoms with Gasteiger partial charge in [-0.2, -0.15) is 0 Å². The smallest absolute Gasteiger partial charge is 0.161 e. The largest absolute Gasteiger partial charge is 0.490 e. The number of nitrogens with zero attached hydrogens (tertiary/aromatic N) is 1. The highest BCUT2D eigenvalue weighted by atomic mass is 35.5. The summed E-state index contributed by atoms with van der Waals surface area (Å²) in [5, 5.41) is 4.99. The van der Waals surface area contributed by atoms with Crippen LogP contribution in [0.2, 0.25) is 10.0 Å². The molecule has 2 aromatic rings. The molecule has 5 rings (SSSR count). The van der Waals surface area contributed by atoms with Gasteiger partial charge >= 0.3 is 0 Å². The minimum atomic E-state index is 0. The highest BCUT2D eigenvalue weighted by Gasteiger charge is 2.33. The summed E-state index contributed by atoms with van der Waals surface area (Å²) in [6.45, 7) is 7.49. The summed E-state index contributed by atoms with van der Waals surface area (Å²) in [5.74, 6) is 2.31. The fraction of sp³-hybridized carbons (Fsp3) is 0.478. The van der Waals surface area contributed by atoms with Crippen molar-refractivity contribution in [3.63, 3.8) is 0 Å². The fourth-order valence-electron chi connectivity index (χ4n) is 4.29. The lowest BCUT2D eigenvalue weighted by atomic mass is 9.84. The second kappa shape index (κ2) is 12.4. The van der Waals surface area contributed by atoms with E-state index in [-0.39, 0.29) is 24.8 Å². The molecule has 2 aromatic carbocycles. The van der Waals surface area contributed by atoms with Gasteiger partial charge in [-0.25, -0.2) is 0 Å². The van der Waals surface area contributed by atoms with Gasteiger partial charge in [-0.3, -0.25) is 0 Å². The second-order valence-corrected chi connectivity index (χ2v) is 8.71. The van der Waals surface area contributed by atoms with E-state index >= 15 is 0 Å². The van der Waals surface area contributed by atoms with Crippen molar-refractivity contribution in [1.29, 1.82) is 0 Å². The summed E-state index contributed by atoms with van der Waals surface area (Å²) in [5.41, 5.74) is 2.10.